The van der Waals surface area contributed by atoms with Crippen molar-refractivity contribution in [3.8, 4) is 0 Å². The fourth-order valence-electron chi connectivity index (χ4n) is 2.80. The number of hydrogen-bond donors (Lipinski definition) is 1. The van der Waals surface area contributed by atoms with Gasteiger partial charge < -0.3 is 9.80 Å². The Hall–Kier alpha value is -2.16. The number of fused-ring (bicyclic) bond motifs is 2. The van der Waals surface area contributed by atoms with E-state index >= 15 is 0 Å². The smallest absolute Gasteiger partial charge is 0.298 e. The molecule has 9 nitrogen and oxygen atoms in total. The maximum atomic E-state index is 11.5. The normalized spacial score (nSPS) is 25.0. The van der Waals surface area contributed by atoms with E-state index in [-0.39, 0.29) is 11.4 Å². The molecule has 0 spiro atoms. The van der Waals surface area contributed by atoms with Gasteiger partial charge in [0.05, 0.1) is 22.2 Å². The molecule has 2 unspecified atom stereocenters. The lowest BCUT2D eigenvalue weighted by Gasteiger charge is -2.50. The summed E-state index contributed by atoms with van der Waals surface area (Å²) in [5, 5.41) is 26.1. The first-order chi connectivity index (χ1) is 10.3. The highest BCUT2D eigenvalue weighted by molar-refractivity contribution is 5.22. The summed E-state index contributed by atoms with van der Waals surface area (Å²) in [6.07, 6.45) is 1.44. The van der Waals surface area contributed by atoms with Gasteiger partial charge in [0, 0.05) is 11.1 Å². The summed E-state index contributed by atoms with van der Waals surface area (Å²) in [6, 6.07) is 0. The monoisotopic (exact) mass is 325 g/mol. The summed E-state index contributed by atoms with van der Waals surface area (Å²) in [5.41, 5.74) is -1.07. The van der Waals surface area contributed by atoms with Crippen LogP contribution in [0.4, 0.5) is 0 Å². The number of hydrogen-bond acceptors (Lipinski definition) is 7. The van der Waals surface area contributed by atoms with E-state index in [0.717, 1.165) is 0 Å². The number of nitro groups is 2. The summed E-state index contributed by atoms with van der Waals surface area (Å²) in [7, 11) is 0. The largest absolute Gasteiger partial charge is 0.342 e. The molecule has 0 aromatic rings. The molecule has 9 heteroatoms. The Balaban J connectivity index is 2.63. The van der Waals surface area contributed by atoms with Gasteiger partial charge in [0.1, 0.15) is 0 Å². The first kappa shape index (κ1) is 17.2. The van der Waals surface area contributed by atoms with Crippen LogP contribution >= 0.6 is 0 Å². The van der Waals surface area contributed by atoms with Crippen molar-refractivity contribution in [3.63, 3.8) is 0 Å². The van der Waals surface area contributed by atoms with Gasteiger partial charge in [0.15, 0.2) is 12.3 Å². The second-order valence-corrected chi connectivity index (χ2v) is 7.75. The van der Waals surface area contributed by atoms with E-state index in [2.05, 4.69) is 5.32 Å². The van der Waals surface area contributed by atoms with Gasteiger partial charge >= 0.3 is 0 Å². The fraction of sp³-hybridized carbons (Fsp3) is 0.714. The molecule has 23 heavy (non-hydrogen) atoms. The van der Waals surface area contributed by atoms with Gasteiger partial charge in [0.2, 0.25) is 0 Å². The van der Waals surface area contributed by atoms with E-state index in [1.807, 2.05) is 41.5 Å². The molecule has 0 amide bonds. The summed E-state index contributed by atoms with van der Waals surface area (Å²) in [5.74, 6) is 0. The predicted molar refractivity (Wildman–Crippen MR) is 84.1 cm³/mol. The van der Waals surface area contributed by atoms with Crippen molar-refractivity contribution in [2.24, 2.45) is 0 Å². The minimum Gasteiger partial charge on any atom is -0.342 e. The van der Waals surface area contributed by atoms with Crippen LogP contribution in [-0.2, 0) is 0 Å². The molecule has 0 fully saturated rings. The van der Waals surface area contributed by atoms with Crippen molar-refractivity contribution in [1.29, 1.82) is 0 Å². The number of nitrogens with one attached hydrogen (secondary N) is 1. The summed E-state index contributed by atoms with van der Waals surface area (Å²) in [6.45, 7) is 11.1. The van der Waals surface area contributed by atoms with Crippen molar-refractivity contribution in [3.05, 3.63) is 44.0 Å². The summed E-state index contributed by atoms with van der Waals surface area (Å²) in [4.78, 5) is 25.4. The van der Waals surface area contributed by atoms with Gasteiger partial charge in [-0.3, -0.25) is 25.5 Å². The molecule has 0 aromatic heterocycles. The highest BCUT2D eigenvalue weighted by atomic mass is 16.6. The van der Waals surface area contributed by atoms with Crippen LogP contribution in [0.25, 0.3) is 0 Å². The second-order valence-electron chi connectivity index (χ2n) is 7.75. The molecule has 0 radical (unpaired) electrons. The van der Waals surface area contributed by atoms with Gasteiger partial charge in [-0.05, 0) is 41.5 Å². The van der Waals surface area contributed by atoms with Gasteiger partial charge in [-0.25, -0.2) is 0 Å². The molecule has 2 aliphatic heterocycles. The molecule has 0 saturated heterocycles. The van der Waals surface area contributed by atoms with Crippen LogP contribution in [0.2, 0.25) is 0 Å². The Morgan fingerprint density at radius 1 is 0.870 bits per heavy atom. The minimum absolute atomic E-state index is 0.0234. The molecule has 128 valence electrons. The Kier molecular flexibility index (Phi) is 3.88. The molecule has 2 rings (SSSR count). The average molecular weight is 325 g/mol. The Morgan fingerprint density at radius 3 is 1.39 bits per heavy atom. The average Bonchev–Trinajstić information content (AvgIpc) is 2.35. The van der Waals surface area contributed by atoms with E-state index in [1.54, 1.807) is 9.80 Å². The second kappa shape index (κ2) is 5.19. The standard InChI is InChI=1S/C14H23N5O4/c1-13(2,3)16-7-9(18(20)21)12-15-11(16)10(19(22)23)8-17(12)14(4,5)6/h7-8,11-12,15H,1-6H3. The molecule has 1 N–H and O–H groups in total. The first-order valence-corrected chi connectivity index (χ1v) is 7.39. The van der Waals surface area contributed by atoms with Crippen molar-refractivity contribution in [1.82, 2.24) is 15.1 Å². The van der Waals surface area contributed by atoms with Crippen molar-refractivity contribution >= 4 is 0 Å². The molecule has 2 bridgehead atoms. The summed E-state index contributed by atoms with van der Waals surface area (Å²) < 4.78 is 0. The molecule has 2 aliphatic rings. The highest BCUT2D eigenvalue weighted by Gasteiger charge is 2.51. The first-order valence-electron chi connectivity index (χ1n) is 7.39. The van der Waals surface area contributed by atoms with Crippen LogP contribution in [0.3, 0.4) is 0 Å². The van der Waals surface area contributed by atoms with Gasteiger partial charge in [-0.2, -0.15) is 0 Å². The summed E-state index contributed by atoms with van der Waals surface area (Å²) >= 11 is 0. The third kappa shape index (κ3) is 3.00. The third-order valence-electron chi connectivity index (χ3n) is 3.95. The molecular weight excluding hydrogens is 302 g/mol. The zero-order valence-electron chi connectivity index (χ0n) is 14.2. The zero-order chi connectivity index (χ0) is 17.7. The third-order valence-corrected chi connectivity index (χ3v) is 3.95. The van der Waals surface area contributed by atoms with E-state index < -0.39 is 33.3 Å². The van der Waals surface area contributed by atoms with Crippen LogP contribution in [0.15, 0.2) is 23.8 Å². The van der Waals surface area contributed by atoms with E-state index in [4.69, 9.17) is 0 Å². The van der Waals surface area contributed by atoms with Crippen LogP contribution < -0.4 is 5.32 Å². The van der Waals surface area contributed by atoms with Crippen molar-refractivity contribution < 1.29 is 9.85 Å². The molecule has 0 saturated carbocycles. The topological polar surface area (TPSA) is 105 Å². The van der Waals surface area contributed by atoms with Gasteiger partial charge in [-0.15, -0.1) is 0 Å². The molecular formula is C14H23N5O4. The van der Waals surface area contributed by atoms with Crippen molar-refractivity contribution in [2.45, 2.75) is 65.0 Å². The van der Waals surface area contributed by atoms with Gasteiger partial charge in [-0.1, -0.05) is 0 Å². The fourth-order valence-corrected chi connectivity index (χ4v) is 2.80. The van der Waals surface area contributed by atoms with E-state index in [1.165, 1.54) is 12.4 Å². The number of nitrogens with zero attached hydrogens (tertiary/aromatic N) is 4. The number of rotatable bonds is 2. The highest BCUT2D eigenvalue weighted by Crippen LogP contribution is 2.35. The van der Waals surface area contributed by atoms with E-state index in [0.29, 0.717) is 0 Å². The van der Waals surface area contributed by atoms with Crippen LogP contribution in [0.5, 0.6) is 0 Å². The van der Waals surface area contributed by atoms with Crippen LogP contribution in [-0.4, -0.2) is 43.1 Å². The minimum atomic E-state index is -0.711. The predicted octanol–water partition coefficient (Wildman–Crippen LogP) is 1.69. The molecule has 0 aromatic carbocycles. The lowest BCUT2D eigenvalue weighted by atomic mass is 9.97. The van der Waals surface area contributed by atoms with Crippen molar-refractivity contribution in [2.75, 3.05) is 0 Å². The van der Waals surface area contributed by atoms with Crippen LogP contribution in [0, 0.1) is 20.2 Å². The van der Waals surface area contributed by atoms with E-state index in [9.17, 15) is 20.2 Å². The van der Waals surface area contributed by atoms with Gasteiger partial charge in [0.25, 0.3) is 11.4 Å². The Labute approximate surface area is 134 Å². The van der Waals surface area contributed by atoms with Crippen LogP contribution in [0.1, 0.15) is 41.5 Å². The Morgan fingerprint density at radius 2 is 1.17 bits per heavy atom. The lowest BCUT2D eigenvalue weighted by Crippen LogP contribution is -2.68. The molecule has 2 atom stereocenters. The SMILES string of the molecule is CC(C)(C)N1C=C([N+](=O)[O-])C2NC1C([N+](=O)[O-])=CN2C(C)(C)C. The maximum Gasteiger partial charge on any atom is 0.298 e. The maximum absolute atomic E-state index is 11.5. The molecule has 2 heterocycles. The molecule has 0 aliphatic carbocycles. The zero-order valence-corrected chi connectivity index (χ0v) is 14.2. The Bertz CT molecular complexity index is 547. The lowest BCUT2D eigenvalue weighted by molar-refractivity contribution is -0.452. The quantitative estimate of drug-likeness (QED) is 0.608.